The second kappa shape index (κ2) is 3.61. The predicted octanol–water partition coefficient (Wildman–Crippen LogP) is 2.53. The zero-order valence-corrected chi connectivity index (χ0v) is 9.60. The Hall–Kier alpha value is -1.45. The summed E-state index contributed by atoms with van der Waals surface area (Å²) in [4.78, 5) is 8.61. The van der Waals surface area contributed by atoms with Crippen LogP contribution in [0.25, 0.3) is 11.0 Å². The number of fused-ring (bicyclic) bond motifs is 1. The molecule has 0 amide bonds. The summed E-state index contributed by atoms with van der Waals surface area (Å²) in [6.45, 7) is 8.47. The number of hydrogen-bond donors (Lipinski definition) is 0. The Morgan fingerprint density at radius 1 is 1.13 bits per heavy atom. The molecule has 0 radical (unpaired) electrons. The zero-order valence-electron chi connectivity index (χ0n) is 9.60. The minimum absolute atomic E-state index is 0.331. The van der Waals surface area contributed by atoms with Crippen LogP contribution < -0.4 is 0 Å². The van der Waals surface area contributed by atoms with Crippen LogP contribution in [0.4, 0.5) is 0 Å². The van der Waals surface area contributed by atoms with E-state index in [2.05, 4.69) is 42.8 Å². The molecule has 2 heterocycles. The SMILES string of the molecule is CC(C)c1ncnc2c1cnn2C(C)C. The van der Waals surface area contributed by atoms with E-state index < -0.39 is 0 Å². The first-order chi connectivity index (χ1) is 7.11. The first kappa shape index (κ1) is 10.1. The molecule has 2 rings (SSSR count). The van der Waals surface area contributed by atoms with Crippen LogP contribution in [0.5, 0.6) is 0 Å². The third-order valence-corrected chi connectivity index (χ3v) is 2.46. The van der Waals surface area contributed by atoms with Gasteiger partial charge in [0, 0.05) is 6.04 Å². The molecule has 0 saturated carbocycles. The number of aromatic nitrogens is 4. The Bertz CT molecular complexity index is 470. The van der Waals surface area contributed by atoms with Crippen molar-refractivity contribution in [2.75, 3.05) is 0 Å². The molecule has 80 valence electrons. The van der Waals surface area contributed by atoms with E-state index in [-0.39, 0.29) is 0 Å². The van der Waals surface area contributed by atoms with Crippen LogP contribution in [-0.2, 0) is 0 Å². The Morgan fingerprint density at radius 2 is 1.87 bits per heavy atom. The largest absolute Gasteiger partial charge is 0.245 e. The van der Waals surface area contributed by atoms with Gasteiger partial charge in [0.15, 0.2) is 5.65 Å². The van der Waals surface area contributed by atoms with Crippen molar-refractivity contribution in [1.29, 1.82) is 0 Å². The van der Waals surface area contributed by atoms with Gasteiger partial charge < -0.3 is 0 Å². The van der Waals surface area contributed by atoms with E-state index in [4.69, 9.17) is 0 Å². The highest BCUT2D eigenvalue weighted by molar-refractivity contribution is 5.77. The molecule has 15 heavy (non-hydrogen) atoms. The fourth-order valence-electron chi connectivity index (χ4n) is 1.72. The highest BCUT2D eigenvalue weighted by atomic mass is 15.3. The lowest BCUT2D eigenvalue weighted by molar-refractivity contribution is 0.546. The van der Waals surface area contributed by atoms with E-state index in [0.717, 1.165) is 16.7 Å². The lowest BCUT2D eigenvalue weighted by atomic mass is 10.1. The van der Waals surface area contributed by atoms with E-state index in [0.29, 0.717) is 12.0 Å². The fourth-order valence-corrected chi connectivity index (χ4v) is 1.72. The monoisotopic (exact) mass is 204 g/mol. The lowest BCUT2D eigenvalue weighted by Gasteiger charge is -2.07. The maximum atomic E-state index is 4.35. The van der Waals surface area contributed by atoms with Gasteiger partial charge in [-0.1, -0.05) is 13.8 Å². The molecule has 2 aromatic heterocycles. The predicted molar refractivity (Wildman–Crippen MR) is 59.8 cm³/mol. The third-order valence-electron chi connectivity index (χ3n) is 2.46. The number of hydrogen-bond acceptors (Lipinski definition) is 3. The molecule has 0 aromatic carbocycles. The Balaban J connectivity index is 2.69. The molecule has 0 aliphatic heterocycles. The van der Waals surface area contributed by atoms with Crippen molar-refractivity contribution in [3.05, 3.63) is 18.2 Å². The first-order valence-electron chi connectivity index (χ1n) is 5.29. The van der Waals surface area contributed by atoms with Crippen LogP contribution in [0, 0.1) is 0 Å². The van der Waals surface area contributed by atoms with Crippen molar-refractivity contribution in [2.45, 2.75) is 39.7 Å². The zero-order chi connectivity index (χ0) is 11.0. The van der Waals surface area contributed by atoms with Crippen molar-refractivity contribution in [1.82, 2.24) is 19.7 Å². The van der Waals surface area contributed by atoms with Gasteiger partial charge in [0.05, 0.1) is 17.3 Å². The second-order valence-electron chi connectivity index (χ2n) is 4.33. The summed E-state index contributed by atoms with van der Waals surface area (Å²) in [6.07, 6.45) is 3.49. The normalized spacial score (nSPS) is 11.9. The summed E-state index contributed by atoms with van der Waals surface area (Å²) in [6, 6.07) is 0.331. The summed E-state index contributed by atoms with van der Waals surface area (Å²) >= 11 is 0. The Labute approximate surface area is 89.3 Å². The third kappa shape index (κ3) is 1.60. The highest BCUT2D eigenvalue weighted by Crippen LogP contribution is 2.22. The van der Waals surface area contributed by atoms with Crippen LogP contribution in [-0.4, -0.2) is 19.7 Å². The molecule has 0 fully saturated rings. The summed E-state index contributed by atoms with van der Waals surface area (Å²) in [5.74, 6) is 0.403. The second-order valence-corrected chi connectivity index (χ2v) is 4.33. The maximum absolute atomic E-state index is 4.35. The van der Waals surface area contributed by atoms with Crippen LogP contribution in [0.15, 0.2) is 12.5 Å². The van der Waals surface area contributed by atoms with Crippen LogP contribution >= 0.6 is 0 Å². The molecule has 0 N–H and O–H groups in total. The Kier molecular flexibility index (Phi) is 2.42. The van der Waals surface area contributed by atoms with E-state index in [1.165, 1.54) is 0 Å². The van der Waals surface area contributed by atoms with Gasteiger partial charge in [-0.05, 0) is 19.8 Å². The first-order valence-corrected chi connectivity index (χ1v) is 5.29. The number of rotatable bonds is 2. The van der Waals surface area contributed by atoms with Gasteiger partial charge in [-0.3, -0.25) is 0 Å². The quantitative estimate of drug-likeness (QED) is 0.755. The van der Waals surface area contributed by atoms with Gasteiger partial charge in [-0.25, -0.2) is 14.6 Å². The van der Waals surface area contributed by atoms with E-state index in [9.17, 15) is 0 Å². The average Bonchev–Trinajstić information content (AvgIpc) is 2.59. The minimum atomic E-state index is 0.331. The summed E-state index contributed by atoms with van der Waals surface area (Å²) in [5.41, 5.74) is 2.01. The molecule has 4 heteroatoms. The van der Waals surface area contributed by atoms with Crippen LogP contribution in [0.2, 0.25) is 0 Å². The highest BCUT2D eigenvalue weighted by Gasteiger charge is 2.13. The Morgan fingerprint density at radius 3 is 2.47 bits per heavy atom. The van der Waals surface area contributed by atoms with Crippen molar-refractivity contribution in [3.63, 3.8) is 0 Å². The van der Waals surface area contributed by atoms with E-state index in [1.54, 1.807) is 6.33 Å². The van der Waals surface area contributed by atoms with Crippen molar-refractivity contribution < 1.29 is 0 Å². The molecular formula is C11H16N4. The molecule has 4 nitrogen and oxygen atoms in total. The van der Waals surface area contributed by atoms with Gasteiger partial charge in [-0.15, -0.1) is 0 Å². The smallest absolute Gasteiger partial charge is 0.161 e. The lowest BCUT2D eigenvalue weighted by Crippen LogP contribution is -2.04. The molecule has 0 aliphatic rings. The average molecular weight is 204 g/mol. The summed E-state index contributed by atoms with van der Waals surface area (Å²) < 4.78 is 1.93. The molecule has 0 saturated heterocycles. The molecule has 2 aromatic rings. The minimum Gasteiger partial charge on any atom is -0.245 e. The van der Waals surface area contributed by atoms with Crippen LogP contribution in [0.1, 0.15) is 45.3 Å². The fraction of sp³-hybridized carbons (Fsp3) is 0.545. The van der Waals surface area contributed by atoms with Crippen molar-refractivity contribution >= 4 is 11.0 Å². The topological polar surface area (TPSA) is 43.6 Å². The number of nitrogens with zero attached hydrogens (tertiary/aromatic N) is 4. The molecule has 0 bridgehead atoms. The molecule has 0 spiro atoms. The molecule has 0 atom stereocenters. The maximum Gasteiger partial charge on any atom is 0.161 e. The van der Waals surface area contributed by atoms with E-state index >= 15 is 0 Å². The molecule has 0 unspecified atom stereocenters. The van der Waals surface area contributed by atoms with Gasteiger partial charge in [0.1, 0.15) is 6.33 Å². The van der Waals surface area contributed by atoms with Gasteiger partial charge in [0.2, 0.25) is 0 Å². The standard InChI is InChI=1S/C11H16N4/c1-7(2)10-9-5-14-15(8(3)4)11(9)13-6-12-10/h5-8H,1-4H3. The van der Waals surface area contributed by atoms with Crippen LogP contribution in [0.3, 0.4) is 0 Å². The van der Waals surface area contributed by atoms with Gasteiger partial charge in [0.25, 0.3) is 0 Å². The molecule has 0 aliphatic carbocycles. The molecular weight excluding hydrogens is 188 g/mol. The summed E-state index contributed by atoms with van der Waals surface area (Å²) in [7, 11) is 0. The summed E-state index contributed by atoms with van der Waals surface area (Å²) in [5, 5.41) is 5.42. The van der Waals surface area contributed by atoms with Crippen molar-refractivity contribution in [2.24, 2.45) is 0 Å². The van der Waals surface area contributed by atoms with Gasteiger partial charge in [-0.2, -0.15) is 5.10 Å². The van der Waals surface area contributed by atoms with Crippen molar-refractivity contribution in [3.8, 4) is 0 Å². The van der Waals surface area contributed by atoms with Gasteiger partial charge >= 0.3 is 0 Å². The van der Waals surface area contributed by atoms with E-state index in [1.807, 2.05) is 10.9 Å².